The second-order valence-electron chi connectivity index (χ2n) is 3.60. The highest BCUT2D eigenvalue weighted by Gasteiger charge is 2.06. The molecule has 68 valence electrons. The van der Waals surface area contributed by atoms with Crippen molar-refractivity contribution in [1.29, 1.82) is 0 Å². The third-order valence-electron chi connectivity index (χ3n) is 1.02. The van der Waals surface area contributed by atoms with E-state index in [-0.39, 0.29) is 0 Å². The Kier molecular flexibility index (Phi) is 5.51. The molecule has 0 rings (SSSR count). The van der Waals surface area contributed by atoms with E-state index in [2.05, 4.69) is 36.4 Å². The van der Waals surface area contributed by atoms with E-state index in [1.54, 1.807) is 0 Å². The summed E-state index contributed by atoms with van der Waals surface area (Å²) in [5, 5.41) is 3.03. The van der Waals surface area contributed by atoms with Gasteiger partial charge in [-0.05, 0) is 0 Å². The summed E-state index contributed by atoms with van der Waals surface area (Å²) < 4.78 is 0. The number of nitrogens with one attached hydrogen (secondary N) is 1. The first-order valence-electron chi connectivity index (χ1n) is 4.17. The number of allylic oxidation sites excluding steroid dienone is 1. The minimum Gasteiger partial charge on any atom is -0.389 e. The molecule has 0 amide bonds. The standard InChI is InChI=1S/C9H18N2Si/c1-12(2,3)9-5-4-7-11-8-6-10/h4,7,11H,6,8,10H2,1-3H3/b7-4-. The molecule has 0 atom stereocenters. The zero-order chi connectivity index (χ0) is 9.45. The Morgan fingerprint density at radius 2 is 2.08 bits per heavy atom. The topological polar surface area (TPSA) is 38.0 Å². The van der Waals surface area contributed by atoms with Crippen molar-refractivity contribution in [1.82, 2.24) is 5.32 Å². The quantitative estimate of drug-likeness (QED) is 0.387. The third kappa shape index (κ3) is 9.28. The first-order valence-corrected chi connectivity index (χ1v) is 7.67. The second-order valence-corrected chi connectivity index (χ2v) is 8.35. The zero-order valence-corrected chi connectivity index (χ0v) is 9.15. The maximum absolute atomic E-state index is 5.29. The first kappa shape index (κ1) is 11.3. The molecule has 0 radical (unpaired) electrons. The summed E-state index contributed by atoms with van der Waals surface area (Å²) in [6.07, 6.45) is 3.69. The van der Waals surface area contributed by atoms with Crippen LogP contribution in [0, 0.1) is 11.5 Å². The molecule has 3 N–H and O–H groups in total. The summed E-state index contributed by atoms with van der Waals surface area (Å²) >= 11 is 0. The largest absolute Gasteiger partial charge is 0.389 e. The van der Waals surface area contributed by atoms with E-state index in [0.717, 1.165) is 6.54 Å². The molecule has 2 nitrogen and oxygen atoms in total. The molecular weight excluding hydrogens is 164 g/mol. The summed E-state index contributed by atoms with van der Waals surface area (Å²) in [4.78, 5) is 0. The van der Waals surface area contributed by atoms with E-state index in [1.807, 2.05) is 12.3 Å². The van der Waals surface area contributed by atoms with Crippen molar-refractivity contribution < 1.29 is 0 Å². The number of hydrogen-bond acceptors (Lipinski definition) is 2. The molecule has 0 heterocycles. The van der Waals surface area contributed by atoms with Crippen LogP contribution in [0.2, 0.25) is 19.6 Å². The number of hydrogen-bond donors (Lipinski definition) is 2. The van der Waals surface area contributed by atoms with Gasteiger partial charge in [0.2, 0.25) is 0 Å². The predicted molar refractivity (Wildman–Crippen MR) is 57.3 cm³/mol. The van der Waals surface area contributed by atoms with Gasteiger partial charge < -0.3 is 11.1 Å². The third-order valence-corrected chi connectivity index (χ3v) is 1.91. The Morgan fingerprint density at radius 1 is 1.42 bits per heavy atom. The summed E-state index contributed by atoms with van der Waals surface area (Å²) in [7, 11) is -1.19. The van der Waals surface area contributed by atoms with Crippen LogP contribution in [0.1, 0.15) is 0 Å². The summed E-state index contributed by atoms with van der Waals surface area (Å²) in [6, 6.07) is 0. The Balaban J connectivity index is 3.63. The van der Waals surface area contributed by atoms with Gasteiger partial charge in [0.05, 0.1) is 0 Å². The highest BCUT2D eigenvalue weighted by Crippen LogP contribution is 1.95. The fourth-order valence-corrected chi connectivity index (χ4v) is 1.04. The van der Waals surface area contributed by atoms with Gasteiger partial charge in [-0.25, -0.2) is 0 Å². The van der Waals surface area contributed by atoms with E-state index >= 15 is 0 Å². The fourth-order valence-electron chi connectivity index (χ4n) is 0.525. The highest BCUT2D eigenvalue weighted by atomic mass is 28.3. The van der Waals surface area contributed by atoms with Gasteiger partial charge in [0.15, 0.2) is 0 Å². The number of nitrogens with two attached hydrogens (primary N) is 1. The summed E-state index contributed by atoms with van der Waals surface area (Å²) in [5.41, 5.74) is 8.52. The Morgan fingerprint density at radius 3 is 2.58 bits per heavy atom. The van der Waals surface area contributed by atoms with Crippen LogP contribution in [-0.2, 0) is 0 Å². The molecule has 0 spiro atoms. The summed E-state index contributed by atoms with van der Waals surface area (Å²) in [6.45, 7) is 8.14. The van der Waals surface area contributed by atoms with Crippen LogP contribution >= 0.6 is 0 Å². The lowest BCUT2D eigenvalue weighted by Gasteiger charge is -2.02. The molecular formula is C9H18N2Si. The van der Waals surface area contributed by atoms with Gasteiger partial charge in [0.1, 0.15) is 8.07 Å². The van der Waals surface area contributed by atoms with E-state index in [4.69, 9.17) is 5.73 Å². The zero-order valence-electron chi connectivity index (χ0n) is 8.15. The molecule has 12 heavy (non-hydrogen) atoms. The van der Waals surface area contributed by atoms with Crippen molar-refractivity contribution in [2.24, 2.45) is 5.73 Å². The van der Waals surface area contributed by atoms with E-state index < -0.39 is 8.07 Å². The first-order chi connectivity index (χ1) is 5.56. The average molecular weight is 182 g/mol. The van der Waals surface area contributed by atoms with Gasteiger partial charge in [-0.15, -0.1) is 5.54 Å². The molecule has 0 aromatic carbocycles. The van der Waals surface area contributed by atoms with Crippen LogP contribution in [-0.4, -0.2) is 21.2 Å². The lowest BCUT2D eigenvalue weighted by molar-refractivity contribution is 0.843. The SMILES string of the molecule is C[Si](C)(C)C#C/C=C\NCCN. The smallest absolute Gasteiger partial charge is 0.129 e. The number of rotatable bonds is 3. The molecule has 0 saturated carbocycles. The monoisotopic (exact) mass is 182 g/mol. The minimum atomic E-state index is -1.19. The van der Waals surface area contributed by atoms with Gasteiger partial charge in [0, 0.05) is 25.4 Å². The maximum atomic E-state index is 5.29. The van der Waals surface area contributed by atoms with Gasteiger partial charge in [0.25, 0.3) is 0 Å². The van der Waals surface area contributed by atoms with E-state index in [0.29, 0.717) is 6.54 Å². The van der Waals surface area contributed by atoms with Crippen LogP contribution in [0.3, 0.4) is 0 Å². The molecule has 0 unspecified atom stereocenters. The van der Waals surface area contributed by atoms with Crippen LogP contribution in [0.15, 0.2) is 12.3 Å². The normalized spacial score (nSPS) is 11.0. The van der Waals surface area contributed by atoms with Crippen molar-refractivity contribution in [2.75, 3.05) is 13.1 Å². The van der Waals surface area contributed by atoms with Gasteiger partial charge in [-0.3, -0.25) is 0 Å². The van der Waals surface area contributed by atoms with E-state index in [9.17, 15) is 0 Å². The highest BCUT2D eigenvalue weighted by molar-refractivity contribution is 6.83. The Bertz CT molecular complexity index is 193. The second kappa shape index (κ2) is 5.87. The molecule has 0 aliphatic rings. The molecule has 0 aromatic rings. The molecule has 0 bridgehead atoms. The molecule has 0 fully saturated rings. The van der Waals surface area contributed by atoms with Crippen molar-refractivity contribution in [3.63, 3.8) is 0 Å². The molecule has 0 saturated heterocycles. The van der Waals surface area contributed by atoms with Crippen LogP contribution in [0.25, 0.3) is 0 Å². The van der Waals surface area contributed by atoms with Crippen molar-refractivity contribution in [2.45, 2.75) is 19.6 Å². The van der Waals surface area contributed by atoms with Gasteiger partial charge >= 0.3 is 0 Å². The van der Waals surface area contributed by atoms with Crippen molar-refractivity contribution >= 4 is 8.07 Å². The lowest BCUT2D eigenvalue weighted by Crippen LogP contribution is -2.17. The van der Waals surface area contributed by atoms with Crippen LogP contribution < -0.4 is 11.1 Å². The van der Waals surface area contributed by atoms with Crippen LogP contribution in [0.4, 0.5) is 0 Å². The maximum Gasteiger partial charge on any atom is 0.129 e. The van der Waals surface area contributed by atoms with Gasteiger partial charge in [-0.2, -0.15) is 0 Å². The Hall–Kier alpha value is -0.723. The van der Waals surface area contributed by atoms with Gasteiger partial charge in [-0.1, -0.05) is 25.6 Å². The van der Waals surface area contributed by atoms with Crippen LogP contribution in [0.5, 0.6) is 0 Å². The summed E-state index contributed by atoms with van der Waals surface area (Å²) in [5.74, 6) is 3.01. The Labute approximate surface area is 76.2 Å². The molecule has 0 aliphatic heterocycles. The fraction of sp³-hybridized carbons (Fsp3) is 0.556. The lowest BCUT2D eigenvalue weighted by atomic mass is 10.6. The molecule has 0 aromatic heterocycles. The molecule has 3 heteroatoms. The average Bonchev–Trinajstić information content (AvgIpc) is 1.94. The van der Waals surface area contributed by atoms with Crippen molar-refractivity contribution in [3.8, 4) is 11.5 Å². The van der Waals surface area contributed by atoms with E-state index in [1.165, 1.54) is 0 Å². The van der Waals surface area contributed by atoms with Crippen molar-refractivity contribution in [3.05, 3.63) is 12.3 Å². The predicted octanol–water partition coefficient (Wildman–Crippen LogP) is 0.929. The molecule has 0 aliphatic carbocycles. The minimum absolute atomic E-state index is 0.659.